The van der Waals surface area contributed by atoms with Crippen LogP contribution in [-0.4, -0.2) is 10.2 Å². The molecule has 0 bridgehead atoms. The molecule has 0 amide bonds. The van der Waals surface area contributed by atoms with E-state index in [1.54, 1.807) is 18.2 Å². The molecule has 0 atom stereocenters. The van der Waals surface area contributed by atoms with Gasteiger partial charge in [-0.1, -0.05) is 29.3 Å². The van der Waals surface area contributed by atoms with E-state index in [1.807, 2.05) is 0 Å². The Balaban J connectivity index is 2.81. The lowest BCUT2D eigenvalue weighted by Crippen LogP contribution is -1.89. The van der Waals surface area contributed by atoms with Crippen LogP contribution in [-0.2, 0) is 0 Å². The van der Waals surface area contributed by atoms with Gasteiger partial charge in [-0.3, -0.25) is 4.79 Å². The van der Waals surface area contributed by atoms with Gasteiger partial charge in [0.15, 0.2) is 0 Å². The van der Waals surface area contributed by atoms with Crippen molar-refractivity contribution in [3.63, 3.8) is 0 Å². The first-order valence-corrected chi connectivity index (χ1v) is 5.16. The zero-order valence-electron chi connectivity index (χ0n) is 7.30. The number of benzene rings is 1. The van der Waals surface area contributed by atoms with Crippen molar-refractivity contribution >= 4 is 50.8 Å². The maximum atomic E-state index is 11.0. The second-order valence-corrected chi connectivity index (χ2v) is 4.04. The summed E-state index contributed by atoms with van der Waals surface area (Å²) >= 11 is 17.2. The minimum Gasteiger partial charge on any atom is -0.276 e. The maximum Gasteiger partial charge on any atom is 0.252 e. The molecule has 2 aromatic rings. The smallest absolute Gasteiger partial charge is 0.252 e. The SMILES string of the molecule is O=C(Cl)c1ccc2c(Cl)cnc(Cl)c2c1. The van der Waals surface area contributed by atoms with E-state index in [4.69, 9.17) is 34.8 Å². The molecule has 0 saturated carbocycles. The Bertz CT molecular complexity index is 554. The minimum atomic E-state index is -0.534. The Morgan fingerprint density at radius 3 is 2.60 bits per heavy atom. The second-order valence-electron chi connectivity index (χ2n) is 2.93. The van der Waals surface area contributed by atoms with E-state index in [-0.39, 0.29) is 0 Å². The molecule has 0 fully saturated rings. The molecule has 0 radical (unpaired) electrons. The summed E-state index contributed by atoms with van der Waals surface area (Å²) in [5.74, 6) is 0. The van der Waals surface area contributed by atoms with Crippen LogP contribution >= 0.6 is 34.8 Å². The molecule has 0 aliphatic heterocycles. The third-order valence-corrected chi connectivity index (χ3v) is 2.84. The van der Waals surface area contributed by atoms with Crippen LogP contribution in [0.2, 0.25) is 10.2 Å². The molecular weight excluding hydrogens is 256 g/mol. The molecule has 0 saturated heterocycles. The topological polar surface area (TPSA) is 30.0 Å². The summed E-state index contributed by atoms with van der Waals surface area (Å²) < 4.78 is 0. The van der Waals surface area contributed by atoms with Crippen LogP contribution in [0.5, 0.6) is 0 Å². The van der Waals surface area contributed by atoms with Crippen LogP contribution in [0, 0.1) is 0 Å². The fourth-order valence-electron chi connectivity index (χ4n) is 1.30. The summed E-state index contributed by atoms with van der Waals surface area (Å²) in [6.07, 6.45) is 1.47. The van der Waals surface area contributed by atoms with Crippen LogP contribution in [0.15, 0.2) is 24.4 Å². The number of hydrogen-bond donors (Lipinski definition) is 0. The van der Waals surface area contributed by atoms with Crippen LogP contribution in [0.4, 0.5) is 0 Å². The van der Waals surface area contributed by atoms with Gasteiger partial charge in [0.1, 0.15) is 5.15 Å². The minimum absolute atomic E-state index is 0.300. The third-order valence-electron chi connectivity index (χ3n) is 2.02. The standard InChI is InChI=1S/C10H4Cl3NO/c11-8-4-14-9(12)7-3-5(10(13)15)1-2-6(7)8/h1-4H. The van der Waals surface area contributed by atoms with Gasteiger partial charge >= 0.3 is 0 Å². The highest BCUT2D eigenvalue weighted by Crippen LogP contribution is 2.28. The summed E-state index contributed by atoms with van der Waals surface area (Å²) in [6, 6.07) is 4.87. The number of nitrogens with zero attached hydrogens (tertiary/aromatic N) is 1. The summed E-state index contributed by atoms with van der Waals surface area (Å²) in [6.45, 7) is 0. The Kier molecular flexibility index (Phi) is 2.83. The van der Waals surface area contributed by atoms with Gasteiger partial charge < -0.3 is 0 Å². The van der Waals surface area contributed by atoms with Crippen molar-refractivity contribution in [2.75, 3.05) is 0 Å². The van der Waals surface area contributed by atoms with E-state index in [2.05, 4.69) is 4.98 Å². The fourth-order valence-corrected chi connectivity index (χ4v) is 1.83. The van der Waals surface area contributed by atoms with Crippen molar-refractivity contribution in [1.82, 2.24) is 4.98 Å². The summed E-state index contributed by atoms with van der Waals surface area (Å²) in [7, 11) is 0. The third kappa shape index (κ3) is 1.93. The van der Waals surface area contributed by atoms with E-state index in [0.717, 1.165) is 5.39 Å². The van der Waals surface area contributed by atoms with Crippen molar-refractivity contribution in [3.8, 4) is 0 Å². The molecule has 0 N–H and O–H groups in total. The van der Waals surface area contributed by atoms with Crippen molar-refractivity contribution in [2.24, 2.45) is 0 Å². The molecule has 5 heteroatoms. The first-order chi connectivity index (χ1) is 7.09. The van der Waals surface area contributed by atoms with Crippen molar-refractivity contribution in [1.29, 1.82) is 0 Å². The van der Waals surface area contributed by atoms with E-state index in [0.29, 0.717) is 21.1 Å². The van der Waals surface area contributed by atoms with Crippen molar-refractivity contribution < 1.29 is 4.79 Å². The molecule has 0 spiro atoms. The molecule has 1 heterocycles. The van der Waals surface area contributed by atoms with E-state index >= 15 is 0 Å². The molecule has 76 valence electrons. The lowest BCUT2D eigenvalue weighted by Gasteiger charge is -2.03. The lowest BCUT2D eigenvalue weighted by molar-refractivity contribution is 0.108. The first kappa shape index (κ1) is 10.7. The Labute approximate surface area is 101 Å². The van der Waals surface area contributed by atoms with Crippen LogP contribution in [0.3, 0.4) is 0 Å². The second kappa shape index (κ2) is 3.97. The van der Waals surface area contributed by atoms with E-state index in [9.17, 15) is 4.79 Å². The Morgan fingerprint density at radius 1 is 1.20 bits per heavy atom. The highest BCUT2D eigenvalue weighted by atomic mass is 35.5. The average molecular weight is 261 g/mol. The molecule has 0 unspecified atom stereocenters. The zero-order valence-corrected chi connectivity index (χ0v) is 9.57. The van der Waals surface area contributed by atoms with E-state index in [1.165, 1.54) is 6.20 Å². The predicted molar refractivity (Wildman–Crippen MR) is 61.9 cm³/mol. The Hall–Kier alpha value is -0.830. The Morgan fingerprint density at radius 2 is 1.93 bits per heavy atom. The monoisotopic (exact) mass is 259 g/mol. The van der Waals surface area contributed by atoms with Gasteiger partial charge in [0.2, 0.25) is 0 Å². The zero-order chi connectivity index (χ0) is 11.0. The molecular formula is C10H4Cl3NO. The van der Waals surface area contributed by atoms with Crippen LogP contribution in [0.25, 0.3) is 10.8 Å². The summed E-state index contributed by atoms with van der Waals surface area (Å²) in [5, 5.41) is 1.62. The van der Waals surface area contributed by atoms with Gasteiger partial charge in [-0.25, -0.2) is 4.98 Å². The number of carbonyl (C=O) groups is 1. The largest absolute Gasteiger partial charge is 0.276 e. The van der Waals surface area contributed by atoms with Gasteiger partial charge in [0.25, 0.3) is 5.24 Å². The normalized spacial score (nSPS) is 10.6. The fraction of sp³-hybridized carbons (Fsp3) is 0. The molecule has 1 aromatic carbocycles. The maximum absolute atomic E-state index is 11.0. The van der Waals surface area contributed by atoms with Gasteiger partial charge in [-0.2, -0.15) is 0 Å². The number of halogens is 3. The predicted octanol–water partition coefficient (Wildman–Crippen LogP) is 3.92. The number of fused-ring (bicyclic) bond motifs is 1. The number of aromatic nitrogens is 1. The average Bonchev–Trinajstić information content (AvgIpc) is 2.23. The summed E-state index contributed by atoms with van der Waals surface area (Å²) in [4.78, 5) is 14.8. The number of carbonyl (C=O) groups excluding carboxylic acids is 1. The first-order valence-electron chi connectivity index (χ1n) is 4.03. The van der Waals surface area contributed by atoms with Gasteiger partial charge in [-0.05, 0) is 23.7 Å². The van der Waals surface area contributed by atoms with E-state index < -0.39 is 5.24 Å². The van der Waals surface area contributed by atoms with Crippen molar-refractivity contribution in [3.05, 3.63) is 40.1 Å². The van der Waals surface area contributed by atoms with Crippen LogP contribution in [0.1, 0.15) is 10.4 Å². The molecule has 0 aliphatic carbocycles. The van der Waals surface area contributed by atoms with Crippen LogP contribution < -0.4 is 0 Å². The highest BCUT2D eigenvalue weighted by Gasteiger charge is 2.08. The van der Waals surface area contributed by atoms with Gasteiger partial charge in [0.05, 0.1) is 5.02 Å². The molecule has 15 heavy (non-hydrogen) atoms. The molecule has 1 aromatic heterocycles. The molecule has 2 rings (SSSR count). The molecule has 2 nitrogen and oxygen atoms in total. The van der Waals surface area contributed by atoms with Gasteiger partial charge in [-0.15, -0.1) is 0 Å². The highest BCUT2D eigenvalue weighted by molar-refractivity contribution is 6.67. The molecule has 0 aliphatic rings. The van der Waals surface area contributed by atoms with Gasteiger partial charge in [0, 0.05) is 22.5 Å². The lowest BCUT2D eigenvalue weighted by atomic mass is 10.1. The van der Waals surface area contributed by atoms with Crippen molar-refractivity contribution in [2.45, 2.75) is 0 Å². The summed E-state index contributed by atoms with van der Waals surface area (Å²) in [5.41, 5.74) is 0.370. The number of hydrogen-bond acceptors (Lipinski definition) is 2. The number of rotatable bonds is 1. The number of pyridine rings is 1. The quantitative estimate of drug-likeness (QED) is 0.574.